The SMILES string of the molecule is CCCCN(CC)S(=O)(=O)c1ccc(C(=O)Nc2nnc(-c3ccc(OC)cc3OC)o2)cc1. The second kappa shape index (κ2) is 11.1. The molecule has 0 spiro atoms. The van der Waals surface area contributed by atoms with Gasteiger partial charge >= 0.3 is 6.01 Å². The van der Waals surface area contributed by atoms with Crippen LogP contribution in [0, 0.1) is 0 Å². The van der Waals surface area contributed by atoms with Gasteiger partial charge in [0.25, 0.3) is 11.8 Å². The highest BCUT2D eigenvalue weighted by molar-refractivity contribution is 7.89. The van der Waals surface area contributed by atoms with E-state index in [1.165, 1.54) is 35.7 Å². The summed E-state index contributed by atoms with van der Waals surface area (Å²) >= 11 is 0. The van der Waals surface area contributed by atoms with Crippen molar-refractivity contribution >= 4 is 21.9 Å². The Hall–Kier alpha value is -3.44. The average molecular weight is 489 g/mol. The fourth-order valence-corrected chi connectivity index (χ4v) is 4.72. The first-order chi connectivity index (χ1) is 16.3. The van der Waals surface area contributed by atoms with Gasteiger partial charge in [-0.15, -0.1) is 5.10 Å². The van der Waals surface area contributed by atoms with Crippen LogP contribution < -0.4 is 14.8 Å². The molecule has 10 nitrogen and oxygen atoms in total. The lowest BCUT2D eigenvalue weighted by atomic mass is 10.2. The van der Waals surface area contributed by atoms with Gasteiger partial charge in [-0.3, -0.25) is 10.1 Å². The number of carbonyl (C=O) groups is 1. The fraction of sp³-hybridized carbons (Fsp3) is 0.348. The standard InChI is InChI=1S/C23H28N4O6S/c1-5-7-14-27(6-2)34(29,30)18-11-8-16(9-12-18)21(28)24-23-26-25-22(33-23)19-13-10-17(31-3)15-20(19)32-4/h8-13,15H,5-7,14H2,1-4H3,(H,24,26,28). The summed E-state index contributed by atoms with van der Waals surface area (Å²) in [6.45, 7) is 4.64. The summed E-state index contributed by atoms with van der Waals surface area (Å²) in [7, 11) is -0.574. The molecule has 2 aromatic carbocycles. The van der Waals surface area contributed by atoms with E-state index in [1.54, 1.807) is 32.2 Å². The number of rotatable bonds is 11. The topological polar surface area (TPSA) is 124 Å². The van der Waals surface area contributed by atoms with Gasteiger partial charge in [0.05, 0.1) is 24.7 Å². The van der Waals surface area contributed by atoms with Gasteiger partial charge in [-0.2, -0.15) is 4.31 Å². The van der Waals surface area contributed by atoms with Crippen LogP contribution in [0.1, 0.15) is 37.0 Å². The van der Waals surface area contributed by atoms with Crippen LogP contribution in [-0.4, -0.2) is 56.1 Å². The molecule has 1 amide bonds. The van der Waals surface area contributed by atoms with E-state index in [0.717, 1.165) is 12.8 Å². The largest absolute Gasteiger partial charge is 0.497 e. The van der Waals surface area contributed by atoms with Crippen LogP contribution in [0.2, 0.25) is 0 Å². The maximum absolute atomic E-state index is 12.8. The minimum atomic E-state index is -3.62. The number of sulfonamides is 1. The third kappa shape index (κ3) is 5.54. The van der Waals surface area contributed by atoms with E-state index in [2.05, 4.69) is 15.5 Å². The van der Waals surface area contributed by atoms with Gasteiger partial charge < -0.3 is 13.9 Å². The van der Waals surface area contributed by atoms with Gasteiger partial charge in [0.1, 0.15) is 11.5 Å². The molecular formula is C23H28N4O6S. The third-order valence-corrected chi connectivity index (χ3v) is 7.14. The van der Waals surface area contributed by atoms with E-state index >= 15 is 0 Å². The summed E-state index contributed by atoms with van der Waals surface area (Å²) in [6.07, 6.45) is 1.68. The van der Waals surface area contributed by atoms with Crippen LogP contribution in [0.3, 0.4) is 0 Å². The van der Waals surface area contributed by atoms with Crippen molar-refractivity contribution in [2.24, 2.45) is 0 Å². The smallest absolute Gasteiger partial charge is 0.322 e. The summed E-state index contributed by atoms with van der Waals surface area (Å²) in [5.41, 5.74) is 0.784. The van der Waals surface area contributed by atoms with E-state index in [9.17, 15) is 13.2 Å². The van der Waals surface area contributed by atoms with E-state index < -0.39 is 15.9 Å². The number of aromatic nitrogens is 2. The van der Waals surface area contributed by atoms with Gasteiger partial charge in [0.2, 0.25) is 10.0 Å². The molecular weight excluding hydrogens is 460 g/mol. The molecule has 1 heterocycles. The Morgan fingerprint density at radius 3 is 2.41 bits per heavy atom. The Balaban J connectivity index is 1.73. The number of nitrogens with one attached hydrogen (secondary N) is 1. The van der Waals surface area contributed by atoms with E-state index in [0.29, 0.717) is 30.2 Å². The normalized spacial score (nSPS) is 11.4. The lowest BCUT2D eigenvalue weighted by molar-refractivity contribution is 0.102. The molecule has 3 rings (SSSR count). The zero-order valence-corrected chi connectivity index (χ0v) is 20.4. The van der Waals surface area contributed by atoms with Crippen molar-refractivity contribution in [3.8, 4) is 23.0 Å². The number of hydrogen-bond donors (Lipinski definition) is 1. The molecule has 11 heteroatoms. The van der Waals surface area contributed by atoms with Crippen molar-refractivity contribution in [1.82, 2.24) is 14.5 Å². The van der Waals surface area contributed by atoms with E-state index in [-0.39, 0.29) is 22.4 Å². The molecule has 0 saturated heterocycles. The number of anilines is 1. The molecule has 0 saturated carbocycles. The highest BCUT2D eigenvalue weighted by atomic mass is 32.2. The third-order valence-electron chi connectivity index (χ3n) is 5.15. The molecule has 1 N–H and O–H groups in total. The van der Waals surface area contributed by atoms with Crippen molar-refractivity contribution in [2.75, 3.05) is 32.6 Å². The molecule has 0 aliphatic carbocycles. The van der Waals surface area contributed by atoms with Crippen LogP contribution in [0.5, 0.6) is 11.5 Å². The Morgan fingerprint density at radius 1 is 1.06 bits per heavy atom. The van der Waals surface area contributed by atoms with Crippen LogP contribution >= 0.6 is 0 Å². The number of ether oxygens (including phenoxy) is 2. The Bertz CT molecular complexity index is 1220. The molecule has 0 unspecified atom stereocenters. The van der Waals surface area contributed by atoms with Crippen LogP contribution in [-0.2, 0) is 10.0 Å². The molecule has 3 aromatic rings. The molecule has 0 bridgehead atoms. The van der Waals surface area contributed by atoms with Crippen LogP contribution in [0.15, 0.2) is 51.8 Å². The summed E-state index contributed by atoms with van der Waals surface area (Å²) < 4.78 is 43.2. The minimum absolute atomic E-state index is 0.105. The first-order valence-corrected chi connectivity index (χ1v) is 12.3. The van der Waals surface area contributed by atoms with Crippen molar-refractivity contribution < 1.29 is 27.1 Å². The first kappa shape index (κ1) is 25.2. The highest BCUT2D eigenvalue weighted by Gasteiger charge is 2.23. The molecule has 0 radical (unpaired) electrons. The van der Waals surface area contributed by atoms with Gasteiger partial charge in [-0.05, 0) is 42.8 Å². The number of carbonyl (C=O) groups excluding carboxylic acids is 1. The van der Waals surface area contributed by atoms with Crippen molar-refractivity contribution in [1.29, 1.82) is 0 Å². The maximum Gasteiger partial charge on any atom is 0.322 e. The quantitative estimate of drug-likeness (QED) is 0.432. The Kier molecular flexibility index (Phi) is 8.24. The molecule has 0 aliphatic rings. The predicted molar refractivity (Wildman–Crippen MR) is 127 cm³/mol. The molecule has 182 valence electrons. The number of methoxy groups -OCH3 is 2. The van der Waals surface area contributed by atoms with E-state index in [4.69, 9.17) is 13.9 Å². The second-order valence-electron chi connectivity index (χ2n) is 7.31. The highest BCUT2D eigenvalue weighted by Crippen LogP contribution is 2.33. The molecule has 0 aliphatic heterocycles. The summed E-state index contributed by atoms with van der Waals surface area (Å²) in [5.74, 6) is 0.714. The number of unbranched alkanes of at least 4 members (excludes halogenated alkanes) is 1. The number of benzene rings is 2. The van der Waals surface area contributed by atoms with Crippen LogP contribution in [0.25, 0.3) is 11.5 Å². The zero-order chi connectivity index (χ0) is 24.7. The Labute approximate surface area is 198 Å². The predicted octanol–water partition coefficient (Wildman–Crippen LogP) is 3.82. The maximum atomic E-state index is 12.8. The number of amides is 1. The van der Waals surface area contributed by atoms with Crippen molar-refractivity contribution in [2.45, 2.75) is 31.6 Å². The van der Waals surface area contributed by atoms with Gasteiger partial charge in [-0.1, -0.05) is 25.4 Å². The van der Waals surface area contributed by atoms with Crippen LogP contribution in [0.4, 0.5) is 6.01 Å². The second-order valence-corrected chi connectivity index (χ2v) is 9.25. The van der Waals surface area contributed by atoms with Gasteiger partial charge in [-0.25, -0.2) is 8.42 Å². The van der Waals surface area contributed by atoms with Crippen molar-refractivity contribution in [3.63, 3.8) is 0 Å². The number of nitrogens with zero attached hydrogens (tertiary/aromatic N) is 3. The van der Waals surface area contributed by atoms with Gasteiger partial charge in [0, 0.05) is 24.7 Å². The molecule has 1 aromatic heterocycles. The molecule has 34 heavy (non-hydrogen) atoms. The van der Waals surface area contributed by atoms with Crippen molar-refractivity contribution in [3.05, 3.63) is 48.0 Å². The summed E-state index contributed by atoms with van der Waals surface area (Å²) in [6, 6.07) is 10.7. The summed E-state index contributed by atoms with van der Waals surface area (Å²) in [5, 5.41) is 10.3. The van der Waals surface area contributed by atoms with Gasteiger partial charge in [0.15, 0.2) is 0 Å². The Morgan fingerprint density at radius 2 is 1.79 bits per heavy atom. The fourth-order valence-electron chi connectivity index (χ4n) is 3.24. The minimum Gasteiger partial charge on any atom is -0.497 e. The molecule has 0 fully saturated rings. The summed E-state index contributed by atoms with van der Waals surface area (Å²) in [4.78, 5) is 12.8. The number of hydrogen-bond acceptors (Lipinski definition) is 8. The lowest BCUT2D eigenvalue weighted by Gasteiger charge is -2.20. The zero-order valence-electron chi connectivity index (χ0n) is 19.6. The monoisotopic (exact) mass is 488 g/mol. The van der Waals surface area contributed by atoms with E-state index in [1.807, 2.05) is 6.92 Å². The average Bonchev–Trinajstić information content (AvgIpc) is 3.32. The molecule has 0 atom stereocenters. The first-order valence-electron chi connectivity index (χ1n) is 10.8. The lowest BCUT2D eigenvalue weighted by Crippen LogP contribution is -2.31.